The van der Waals surface area contributed by atoms with Crippen molar-refractivity contribution in [2.75, 3.05) is 0 Å². The van der Waals surface area contributed by atoms with E-state index < -0.39 is 0 Å². The second kappa shape index (κ2) is 6.12. The summed E-state index contributed by atoms with van der Waals surface area (Å²) in [5.41, 5.74) is 4.25. The third-order valence-electron chi connectivity index (χ3n) is 3.25. The highest BCUT2D eigenvalue weighted by Crippen LogP contribution is 2.14. The van der Waals surface area contributed by atoms with Gasteiger partial charge in [0, 0.05) is 25.0 Å². The van der Waals surface area contributed by atoms with Gasteiger partial charge in [0.25, 0.3) is 0 Å². The zero-order valence-corrected chi connectivity index (χ0v) is 11.2. The topological polar surface area (TPSA) is 48.7 Å². The second-order valence-electron chi connectivity index (χ2n) is 4.64. The maximum absolute atomic E-state index is 8.85. The van der Waals surface area contributed by atoms with Crippen LogP contribution in [-0.4, -0.2) is 4.98 Å². The maximum Gasteiger partial charge on any atom is 0.0991 e. The van der Waals surface area contributed by atoms with Crippen molar-refractivity contribution < 1.29 is 0 Å². The van der Waals surface area contributed by atoms with E-state index in [0.717, 1.165) is 12.1 Å². The molecule has 2 aromatic rings. The largest absolute Gasteiger partial charge is 0.306 e. The molecule has 2 rings (SSSR count). The van der Waals surface area contributed by atoms with Gasteiger partial charge in [-0.3, -0.25) is 4.98 Å². The number of nitrogens with zero attached hydrogens (tertiary/aromatic N) is 2. The van der Waals surface area contributed by atoms with Crippen LogP contribution in [0.5, 0.6) is 0 Å². The summed E-state index contributed by atoms with van der Waals surface area (Å²) >= 11 is 0. The van der Waals surface area contributed by atoms with Gasteiger partial charge in [-0.15, -0.1) is 0 Å². The standard InChI is InChI=1S/C16H17N3/c1-12-8-14(9-17)5-6-15(12)11-19-13(2)16-4-3-7-18-10-16/h3-8,10,13,19H,11H2,1-2H3. The Hall–Kier alpha value is -2.18. The van der Waals surface area contributed by atoms with Crippen molar-refractivity contribution in [2.45, 2.75) is 26.4 Å². The van der Waals surface area contributed by atoms with Gasteiger partial charge in [-0.25, -0.2) is 0 Å². The Kier molecular flexibility index (Phi) is 4.27. The van der Waals surface area contributed by atoms with Gasteiger partial charge in [-0.2, -0.15) is 5.26 Å². The van der Waals surface area contributed by atoms with E-state index in [4.69, 9.17) is 5.26 Å². The fourth-order valence-corrected chi connectivity index (χ4v) is 1.98. The first-order chi connectivity index (χ1) is 9.20. The molecule has 19 heavy (non-hydrogen) atoms. The van der Waals surface area contributed by atoms with Crippen molar-refractivity contribution in [3.8, 4) is 6.07 Å². The van der Waals surface area contributed by atoms with E-state index in [0.29, 0.717) is 5.56 Å². The number of nitriles is 1. The van der Waals surface area contributed by atoms with Crippen LogP contribution >= 0.6 is 0 Å². The molecule has 3 nitrogen and oxygen atoms in total. The summed E-state index contributed by atoms with van der Waals surface area (Å²) < 4.78 is 0. The molecular formula is C16H17N3. The number of hydrogen-bond acceptors (Lipinski definition) is 3. The van der Waals surface area contributed by atoms with Crippen LogP contribution in [0.15, 0.2) is 42.7 Å². The minimum absolute atomic E-state index is 0.253. The molecule has 0 aliphatic carbocycles. The highest BCUT2D eigenvalue weighted by molar-refractivity contribution is 5.37. The molecule has 0 fully saturated rings. The molecule has 1 atom stereocenters. The van der Waals surface area contributed by atoms with Gasteiger partial charge in [0.2, 0.25) is 0 Å². The summed E-state index contributed by atoms with van der Waals surface area (Å²) in [7, 11) is 0. The second-order valence-corrected chi connectivity index (χ2v) is 4.64. The van der Waals surface area contributed by atoms with Crippen molar-refractivity contribution in [3.05, 3.63) is 65.0 Å². The van der Waals surface area contributed by atoms with Crippen molar-refractivity contribution in [1.82, 2.24) is 10.3 Å². The summed E-state index contributed by atoms with van der Waals surface area (Å²) in [5.74, 6) is 0. The van der Waals surface area contributed by atoms with Gasteiger partial charge in [0.15, 0.2) is 0 Å². The van der Waals surface area contributed by atoms with Gasteiger partial charge in [0.05, 0.1) is 11.6 Å². The SMILES string of the molecule is Cc1cc(C#N)ccc1CNC(C)c1cccnc1. The quantitative estimate of drug-likeness (QED) is 0.908. The predicted molar refractivity (Wildman–Crippen MR) is 75.4 cm³/mol. The van der Waals surface area contributed by atoms with E-state index in [1.54, 1.807) is 6.20 Å². The summed E-state index contributed by atoms with van der Waals surface area (Å²) in [5, 5.41) is 12.3. The van der Waals surface area contributed by atoms with Crippen molar-refractivity contribution in [1.29, 1.82) is 5.26 Å². The van der Waals surface area contributed by atoms with E-state index in [1.165, 1.54) is 11.1 Å². The average Bonchev–Trinajstić information content (AvgIpc) is 2.46. The number of aromatic nitrogens is 1. The molecule has 1 unspecified atom stereocenters. The van der Waals surface area contributed by atoms with E-state index in [2.05, 4.69) is 29.4 Å². The Morgan fingerprint density at radius 2 is 2.21 bits per heavy atom. The summed E-state index contributed by atoms with van der Waals surface area (Å²) in [6.45, 7) is 4.94. The molecule has 0 saturated carbocycles. The molecule has 0 spiro atoms. The predicted octanol–water partition coefficient (Wildman–Crippen LogP) is 3.11. The molecule has 1 N–H and O–H groups in total. The Balaban J connectivity index is 2.01. The Morgan fingerprint density at radius 1 is 1.37 bits per heavy atom. The van der Waals surface area contributed by atoms with Gasteiger partial charge in [-0.05, 0) is 48.7 Å². The number of pyridine rings is 1. The number of benzene rings is 1. The Bertz CT molecular complexity index is 585. The third-order valence-corrected chi connectivity index (χ3v) is 3.25. The first-order valence-corrected chi connectivity index (χ1v) is 6.33. The van der Waals surface area contributed by atoms with Gasteiger partial charge in [-0.1, -0.05) is 12.1 Å². The fraction of sp³-hybridized carbons (Fsp3) is 0.250. The van der Waals surface area contributed by atoms with Crippen molar-refractivity contribution in [2.24, 2.45) is 0 Å². The minimum atomic E-state index is 0.253. The van der Waals surface area contributed by atoms with Crippen LogP contribution in [0.25, 0.3) is 0 Å². The van der Waals surface area contributed by atoms with Gasteiger partial charge >= 0.3 is 0 Å². The molecule has 0 radical (unpaired) electrons. The molecule has 1 aromatic heterocycles. The monoisotopic (exact) mass is 251 g/mol. The molecule has 0 saturated heterocycles. The number of rotatable bonds is 4. The van der Waals surface area contributed by atoms with Crippen LogP contribution in [0.3, 0.4) is 0 Å². The van der Waals surface area contributed by atoms with Crippen LogP contribution in [0.1, 0.15) is 35.2 Å². The number of nitrogens with one attached hydrogen (secondary N) is 1. The average molecular weight is 251 g/mol. The van der Waals surface area contributed by atoms with Crippen molar-refractivity contribution in [3.63, 3.8) is 0 Å². The third kappa shape index (κ3) is 3.40. The van der Waals surface area contributed by atoms with Crippen LogP contribution in [-0.2, 0) is 6.54 Å². The highest BCUT2D eigenvalue weighted by Gasteiger charge is 2.06. The molecule has 1 aromatic carbocycles. The zero-order chi connectivity index (χ0) is 13.7. The molecule has 1 heterocycles. The summed E-state index contributed by atoms with van der Waals surface area (Å²) in [4.78, 5) is 4.12. The molecule has 96 valence electrons. The zero-order valence-electron chi connectivity index (χ0n) is 11.2. The molecule has 0 bridgehead atoms. The number of aryl methyl sites for hydroxylation is 1. The van der Waals surface area contributed by atoms with Crippen LogP contribution in [0.4, 0.5) is 0 Å². The Labute approximate surface area is 113 Å². The van der Waals surface area contributed by atoms with Crippen molar-refractivity contribution >= 4 is 0 Å². The minimum Gasteiger partial charge on any atom is -0.306 e. The van der Waals surface area contributed by atoms with E-state index in [1.807, 2.05) is 37.4 Å². The molecular weight excluding hydrogens is 234 g/mol. The lowest BCUT2D eigenvalue weighted by molar-refractivity contribution is 0.572. The lowest BCUT2D eigenvalue weighted by atomic mass is 10.0. The first-order valence-electron chi connectivity index (χ1n) is 6.33. The smallest absolute Gasteiger partial charge is 0.0991 e. The van der Waals surface area contributed by atoms with E-state index >= 15 is 0 Å². The molecule has 0 amide bonds. The van der Waals surface area contributed by atoms with Crippen LogP contribution in [0, 0.1) is 18.3 Å². The first kappa shape index (κ1) is 13.3. The van der Waals surface area contributed by atoms with Crippen LogP contribution < -0.4 is 5.32 Å². The molecule has 0 aliphatic rings. The maximum atomic E-state index is 8.85. The van der Waals surface area contributed by atoms with E-state index in [9.17, 15) is 0 Å². The Morgan fingerprint density at radius 3 is 2.84 bits per heavy atom. The van der Waals surface area contributed by atoms with Gasteiger partial charge < -0.3 is 5.32 Å². The lowest BCUT2D eigenvalue weighted by Crippen LogP contribution is -2.18. The summed E-state index contributed by atoms with van der Waals surface area (Å²) in [6.07, 6.45) is 3.66. The van der Waals surface area contributed by atoms with Crippen LogP contribution in [0.2, 0.25) is 0 Å². The number of hydrogen-bond donors (Lipinski definition) is 1. The molecule has 0 aliphatic heterocycles. The van der Waals surface area contributed by atoms with Gasteiger partial charge in [0.1, 0.15) is 0 Å². The normalized spacial score (nSPS) is 11.8. The highest BCUT2D eigenvalue weighted by atomic mass is 14.9. The lowest BCUT2D eigenvalue weighted by Gasteiger charge is -2.15. The summed E-state index contributed by atoms with van der Waals surface area (Å²) in [6, 6.07) is 12.2. The van der Waals surface area contributed by atoms with E-state index in [-0.39, 0.29) is 6.04 Å². The fourth-order valence-electron chi connectivity index (χ4n) is 1.98. The molecule has 3 heteroatoms.